The number of nitrogens with zero attached hydrogens (tertiary/aromatic N) is 9. The predicted octanol–water partition coefficient (Wildman–Crippen LogP) is 15.4. The summed E-state index contributed by atoms with van der Waals surface area (Å²) >= 11 is 0. The van der Waals surface area contributed by atoms with Crippen LogP contribution in [0.25, 0.3) is 67.4 Å². The lowest BCUT2D eigenvalue weighted by Crippen LogP contribution is -2.66. The highest BCUT2D eigenvalue weighted by Crippen LogP contribution is 2.55. The Morgan fingerprint density at radius 1 is 0.362 bits per heavy atom. The van der Waals surface area contributed by atoms with Crippen LogP contribution in [0.2, 0.25) is 0 Å². The lowest BCUT2D eigenvalue weighted by atomic mass is 9.91. The highest BCUT2D eigenvalue weighted by Gasteiger charge is 2.52. The van der Waals surface area contributed by atoms with Crippen LogP contribution >= 0.6 is 0 Å². The molecule has 0 radical (unpaired) electrons. The Hall–Kier alpha value is -15.4. The van der Waals surface area contributed by atoms with Gasteiger partial charge in [-0.25, -0.2) is 31.1 Å². The highest BCUT2D eigenvalue weighted by atomic mass is 19.2. The van der Waals surface area contributed by atoms with Gasteiger partial charge in [-0.3, -0.25) is 57.8 Å². The Kier molecular flexibility index (Phi) is 20.8. The minimum Gasteiger partial charge on any atom is -0.482 e. The van der Waals surface area contributed by atoms with Crippen molar-refractivity contribution in [3.05, 3.63) is 371 Å². The number of morpholine rings is 3. The third kappa shape index (κ3) is 13.4. The van der Waals surface area contributed by atoms with E-state index < -0.39 is 106 Å². The molecule has 6 aromatic heterocycles. The summed E-state index contributed by atoms with van der Waals surface area (Å²) in [6.07, 6.45) is 5.63. The van der Waals surface area contributed by atoms with Gasteiger partial charge in [0.1, 0.15) is 49.0 Å². The smallest absolute Gasteiger partial charge is 0.482 e. The van der Waals surface area contributed by atoms with E-state index in [1.807, 2.05) is 137 Å². The van der Waals surface area contributed by atoms with Gasteiger partial charge in [0.25, 0.3) is 17.7 Å². The third-order valence-electron chi connectivity index (χ3n) is 24.7. The molecule has 3 saturated heterocycles. The van der Waals surface area contributed by atoms with Crippen molar-refractivity contribution in [2.75, 3.05) is 80.9 Å². The average Bonchev–Trinajstić information content (AvgIpc) is 1.36. The van der Waals surface area contributed by atoms with E-state index in [4.69, 9.17) is 46.4 Å². The van der Waals surface area contributed by atoms with Crippen molar-refractivity contribution in [1.29, 1.82) is 0 Å². The number of halogens is 6. The van der Waals surface area contributed by atoms with Crippen LogP contribution in [0.3, 0.4) is 0 Å². The van der Waals surface area contributed by atoms with E-state index in [0.29, 0.717) is 86.1 Å². The van der Waals surface area contributed by atoms with Crippen LogP contribution < -0.4 is 45.5 Å². The molecule has 3 aliphatic carbocycles. The topological polar surface area (TPSA) is 258 Å². The van der Waals surface area contributed by atoms with Crippen molar-refractivity contribution in [3.63, 3.8) is 0 Å². The summed E-state index contributed by atoms with van der Waals surface area (Å²) in [6.45, 7) is 3.64. The zero-order chi connectivity index (χ0) is 89.0. The van der Waals surface area contributed by atoms with E-state index >= 15 is 13.2 Å². The Morgan fingerprint density at radius 3 is 1.02 bits per heavy atom. The Morgan fingerprint density at radius 2 is 0.677 bits per heavy atom. The van der Waals surface area contributed by atoms with E-state index in [1.165, 1.54) is 65.2 Å². The molecule has 0 spiro atoms. The summed E-state index contributed by atoms with van der Waals surface area (Å²) in [6, 6.07) is 55.2. The summed E-state index contributed by atoms with van der Waals surface area (Å²) < 4.78 is 154. The van der Waals surface area contributed by atoms with Gasteiger partial charge in [0.2, 0.25) is 22.0 Å². The second kappa shape index (κ2) is 33.1. The van der Waals surface area contributed by atoms with E-state index in [0.717, 1.165) is 46.5 Å². The summed E-state index contributed by atoms with van der Waals surface area (Å²) in [5.74, 6) is -6.89. The number of benzene rings is 8. The lowest BCUT2D eigenvalue weighted by Gasteiger charge is -2.51. The first-order valence-electron chi connectivity index (χ1n) is 41.9. The maximum absolute atomic E-state index is 15.9. The number of rotatable bonds is 11. The molecule has 6 aliphatic heterocycles. The summed E-state index contributed by atoms with van der Waals surface area (Å²) in [4.78, 5) is 98.9. The molecule has 3 fully saturated rings. The molecule has 26 nitrogen and oxygen atoms in total. The van der Waals surface area contributed by atoms with Crippen LogP contribution in [0.1, 0.15) is 101 Å². The predicted molar refractivity (Wildman–Crippen MR) is 457 cm³/mol. The molecule has 4 unspecified atom stereocenters. The Labute approximate surface area is 734 Å². The van der Waals surface area contributed by atoms with Gasteiger partial charge in [0, 0.05) is 106 Å². The minimum absolute atomic E-state index is 0.00530. The monoisotopic (exact) mass is 1760 g/mol. The van der Waals surface area contributed by atoms with Crippen molar-refractivity contribution in [3.8, 4) is 84.6 Å². The average molecular weight is 1760 g/mol. The zero-order valence-corrected chi connectivity index (χ0v) is 68.8. The van der Waals surface area contributed by atoms with Crippen LogP contribution in [0, 0.1) is 34.9 Å². The number of ether oxygens (including phenoxy) is 7. The van der Waals surface area contributed by atoms with Gasteiger partial charge in [-0.05, 0) is 87.8 Å². The van der Waals surface area contributed by atoms with Gasteiger partial charge >= 0.3 is 6.16 Å². The molecule has 654 valence electrons. The Balaban J connectivity index is 0.000000118. The number of aromatic nitrogens is 3. The fraction of sp³-hybridized carbons (Fsp3) is 0.194. The van der Waals surface area contributed by atoms with Crippen LogP contribution in [-0.2, 0) is 32.2 Å². The number of hydrogen-bond acceptors (Lipinski definition) is 20. The minimum atomic E-state index is -1.14. The van der Waals surface area contributed by atoms with Gasteiger partial charge < -0.3 is 61.1 Å². The fourth-order valence-corrected chi connectivity index (χ4v) is 19.2. The van der Waals surface area contributed by atoms with E-state index in [1.54, 1.807) is 67.5 Å². The number of furan rings is 3. The van der Waals surface area contributed by atoms with Gasteiger partial charge in [-0.15, -0.1) is 0 Å². The first-order valence-corrected chi connectivity index (χ1v) is 41.9. The fourth-order valence-electron chi connectivity index (χ4n) is 19.2. The molecular formula is C98H73F6N9O17. The van der Waals surface area contributed by atoms with Crippen molar-refractivity contribution in [1.82, 2.24) is 28.7 Å². The van der Waals surface area contributed by atoms with Crippen LogP contribution in [0.4, 0.5) is 31.1 Å². The molecule has 12 heterocycles. The third-order valence-corrected chi connectivity index (χ3v) is 24.7. The van der Waals surface area contributed by atoms with Crippen LogP contribution in [-0.4, -0.2) is 137 Å². The maximum atomic E-state index is 15.9. The number of fused-ring (bicyclic) bond motifs is 21. The lowest BCUT2D eigenvalue weighted by molar-refractivity contribution is -0.0198. The molecule has 3 amide bonds. The van der Waals surface area contributed by atoms with E-state index in [2.05, 4.69) is 0 Å². The number of hydrogen-bond donors (Lipinski definition) is 0. The molecule has 8 aromatic carbocycles. The number of pyridine rings is 3. The van der Waals surface area contributed by atoms with Crippen molar-refractivity contribution in [2.24, 2.45) is 0 Å². The second-order valence-electron chi connectivity index (χ2n) is 31.7. The van der Waals surface area contributed by atoms with Crippen molar-refractivity contribution < 1.29 is 91.9 Å². The first kappa shape index (κ1) is 81.6. The summed E-state index contributed by atoms with van der Waals surface area (Å²) in [7, 11) is 0. The van der Waals surface area contributed by atoms with E-state index in [-0.39, 0.29) is 123 Å². The maximum Gasteiger partial charge on any atom is 0.514 e. The normalized spacial score (nSPS) is 18.5. The molecule has 0 saturated carbocycles. The van der Waals surface area contributed by atoms with Gasteiger partial charge in [0.05, 0.1) is 83.2 Å². The number of amides is 3. The second-order valence-corrected chi connectivity index (χ2v) is 31.7. The molecule has 9 aliphatic rings. The SMILES string of the molecule is CCOC(=O)Oc1c2n(ccc1=O)N(C1c3ccccc3-c3occc3-c3c1ccc(F)c3F)C1COCCN1C2=O.O=C1c2c(OCc3ccccc3)c(=O)ccn2N(C2c3ccccc3-c3occc3-c3c2ccc(F)c3F)C2COCCN12.O=C1c2c(OCc3ccccc3)c(=O)ccn2N([C@@H]2c3ccccc3-c3occc3-c3c2ccc(F)c3F)[C@@H]2COCCN12. The van der Waals surface area contributed by atoms with Gasteiger partial charge in [-0.1, -0.05) is 152 Å². The first-order chi connectivity index (χ1) is 63.5. The number of carbonyl (C=O) groups is 4. The van der Waals surface area contributed by atoms with Crippen LogP contribution in [0.15, 0.2) is 271 Å². The zero-order valence-electron chi connectivity index (χ0n) is 68.8. The molecule has 0 N–H and O–H groups in total. The molecule has 14 aromatic rings. The van der Waals surface area contributed by atoms with Gasteiger partial charge in [-0.2, -0.15) is 0 Å². The molecular weight excluding hydrogens is 1690 g/mol. The molecule has 23 rings (SSSR count). The van der Waals surface area contributed by atoms with Gasteiger partial charge in [0.15, 0.2) is 63.5 Å². The Bertz CT molecular complexity index is 6830. The van der Waals surface area contributed by atoms with Crippen molar-refractivity contribution >= 4 is 23.9 Å². The molecule has 0 bridgehead atoms. The highest BCUT2D eigenvalue weighted by molar-refractivity contribution is 6.00. The summed E-state index contributed by atoms with van der Waals surface area (Å²) in [5.41, 5.74) is 6.78. The molecule has 130 heavy (non-hydrogen) atoms. The quantitative estimate of drug-likeness (QED) is 0.0861. The standard InChI is InChI=1S/2C34H25F2N3O5.C30H23F2N3O7/c2*35-25-11-10-23-28(29(25)36)24-13-16-43-32(24)22-9-5-4-8-21(22)30(23)39-27-19-42-17-15-37(27)34(41)31-33(26(40)12-14-38(31)39)44-18-20-6-2-1-3-7-20;1-2-40-30(38)42-28-21(36)9-11-34-26(28)29(37)33-12-14-39-15-22(33)35(34)25-16-5-3-4-6-17(16)27-19(10-13-41-27)23-18(25)7-8-20(31)24(23)32/h2*1-14,16,27,30H,15,17-19H2;3-11,13,22,25H,2,12,14-15H2,1H3/t27-,30-;;/m1../s1. The van der Waals surface area contributed by atoms with E-state index in [9.17, 15) is 46.7 Å². The van der Waals surface area contributed by atoms with Crippen molar-refractivity contribution in [2.45, 2.75) is 56.8 Å². The largest absolute Gasteiger partial charge is 0.514 e. The number of carbonyl (C=O) groups excluding carboxylic acids is 4. The molecule has 32 heteroatoms. The summed E-state index contributed by atoms with van der Waals surface area (Å²) in [5, 5.41) is 5.55. The molecule has 6 atom stereocenters. The van der Waals surface area contributed by atoms with Crippen LogP contribution in [0.5, 0.6) is 17.2 Å².